The number of piperazine rings is 1. The number of hydrogen-bond donors (Lipinski definition) is 1. The fourth-order valence-corrected chi connectivity index (χ4v) is 7.11. The summed E-state index contributed by atoms with van der Waals surface area (Å²) >= 11 is 0. The Morgan fingerprint density at radius 1 is 0.906 bits per heavy atom. The van der Waals surface area contributed by atoms with E-state index in [2.05, 4.69) is 137 Å². The van der Waals surface area contributed by atoms with E-state index in [1.807, 2.05) is 0 Å². The zero-order chi connectivity index (χ0) is 39.6. The van der Waals surface area contributed by atoms with Crippen molar-refractivity contribution in [3.63, 3.8) is 0 Å². The van der Waals surface area contributed by atoms with Gasteiger partial charge in [-0.15, -0.1) is 0 Å². The Kier molecular flexibility index (Phi) is 20.5. The third-order valence-electron chi connectivity index (χ3n) is 10.4. The molecular formula is C46H77N5O2. The summed E-state index contributed by atoms with van der Waals surface area (Å²) in [5.74, 6) is 0.911. The number of likely N-dealkylation sites (tertiary alicyclic amines) is 1. The van der Waals surface area contributed by atoms with Crippen LogP contribution in [0.5, 0.6) is 5.75 Å². The van der Waals surface area contributed by atoms with Gasteiger partial charge in [0.25, 0.3) is 0 Å². The summed E-state index contributed by atoms with van der Waals surface area (Å²) in [6.07, 6.45) is 11.6. The van der Waals surface area contributed by atoms with Crippen LogP contribution in [0, 0.1) is 0 Å². The van der Waals surface area contributed by atoms with Crippen molar-refractivity contribution < 1.29 is 9.53 Å². The number of nitrogens with one attached hydrogen (secondary N) is 1. The molecule has 3 aromatic rings. The molecule has 0 bridgehead atoms. The van der Waals surface area contributed by atoms with Gasteiger partial charge in [0.15, 0.2) is 0 Å². The minimum atomic E-state index is 0.0187. The predicted molar refractivity (Wildman–Crippen MR) is 232 cm³/mol. The van der Waals surface area contributed by atoms with Gasteiger partial charge in [-0.3, -0.25) is 9.80 Å². The lowest BCUT2D eigenvalue weighted by atomic mass is 9.85. The number of aromatic nitrogens is 1. The zero-order valence-electron chi connectivity index (χ0n) is 36.0. The number of anilines is 1. The summed E-state index contributed by atoms with van der Waals surface area (Å²) in [6, 6.07) is 14.0. The molecule has 7 nitrogen and oxygen atoms in total. The standard InChI is InChI=1S/C32H46N4O.C7H16.C5H11N.C2H4O/c1-10-24-12-11-13-25-19-29(34(8)30(24)25)23(4)33-28-20-27(32(5,6)7)18-26(31(28)37-9)21-35-14-16-36(17-15-35)22(2)3;1-3-5-7-6-4-2;1-6-4-2-3-5-6;1-2-3/h11-13,18-20,22,33H,4,10,14-17,21H2,1-3,5-9H3;3-7H2,1-2H3;2-5H2,1H3;2H,1H3. The number of aldehydes is 1. The van der Waals surface area contributed by atoms with E-state index < -0.39 is 0 Å². The van der Waals surface area contributed by atoms with Crippen LogP contribution in [0.4, 0.5) is 5.69 Å². The van der Waals surface area contributed by atoms with Gasteiger partial charge in [-0.05, 0) is 88.8 Å². The summed E-state index contributed by atoms with van der Waals surface area (Å²) in [7, 11) is 6.09. The van der Waals surface area contributed by atoms with Crippen molar-refractivity contribution >= 4 is 28.6 Å². The summed E-state index contributed by atoms with van der Waals surface area (Å²) in [4.78, 5) is 16.3. The molecular weight excluding hydrogens is 655 g/mol. The smallest absolute Gasteiger partial charge is 0.146 e. The summed E-state index contributed by atoms with van der Waals surface area (Å²) < 4.78 is 8.32. The van der Waals surface area contributed by atoms with Gasteiger partial charge in [-0.1, -0.05) is 104 Å². The number of unbranched alkanes of at least 4 members (excludes halogenated alkanes) is 4. The van der Waals surface area contributed by atoms with Crippen molar-refractivity contribution in [2.45, 2.75) is 132 Å². The fraction of sp³-hybridized carbons (Fsp3) is 0.630. The first-order chi connectivity index (χ1) is 25.2. The Hall–Kier alpha value is -3.13. The first kappa shape index (κ1) is 46.0. The zero-order valence-corrected chi connectivity index (χ0v) is 36.0. The highest BCUT2D eigenvalue weighted by Gasteiger charge is 2.24. The number of para-hydroxylation sites is 1. The maximum absolute atomic E-state index is 8.81. The lowest BCUT2D eigenvalue weighted by Gasteiger charge is -2.37. The van der Waals surface area contributed by atoms with Crippen LogP contribution in [-0.4, -0.2) is 85.0 Å². The molecule has 0 radical (unpaired) electrons. The maximum Gasteiger partial charge on any atom is 0.146 e. The van der Waals surface area contributed by atoms with Crippen LogP contribution in [-0.2, 0) is 30.2 Å². The Morgan fingerprint density at radius 3 is 1.98 bits per heavy atom. The molecule has 2 fully saturated rings. The molecule has 0 amide bonds. The predicted octanol–water partition coefficient (Wildman–Crippen LogP) is 10.5. The molecule has 2 aliphatic rings. The van der Waals surface area contributed by atoms with Gasteiger partial charge in [-0.25, -0.2) is 0 Å². The van der Waals surface area contributed by atoms with E-state index >= 15 is 0 Å². The molecule has 0 aliphatic carbocycles. The highest BCUT2D eigenvalue weighted by atomic mass is 16.5. The Balaban J connectivity index is 0.000000504. The molecule has 0 atom stereocenters. The second-order valence-electron chi connectivity index (χ2n) is 16.1. The van der Waals surface area contributed by atoms with Crippen molar-refractivity contribution in [2.24, 2.45) is 7.05 Å². The first-order valence-corrected chi connectivity index (χ1v) is 20.6. The van der Waals surface area contributed by atoms with Crippen molar-refractivity contribution in [3.05, 3.63) is 65.4 Å². The topological polar surface area (TPSA) is 53.0 Å². The minimum absolute atomic E-state index is 0.0187. The monoisotopic (exact) mass is 732 g/mol. The number of aryl methyl sites for hydroxylation is 2. The number of carbonyl (C=O) groups is 1. The molecule has 53 heavy (non-hydrogen) atoms. The number of ether oxygens (including phenoxy) is 1. The second-order valence-corrected chi connectivity index (χ2v) is 16.1. The minimum Gasteiger partial charge on any atom is -0.494 e. The maximum atomic E-state index is 8.81. The lowest BCUT2D eigenvalue weighted by molar-refractivity contribution is -0.106. The Morgan fingerprint density at radius 2 is 1.51 bits per heavy atom. The van der Waals surface area contributed by atoms with E-state index in [0.29, 0.717) is 6.04 Å². The highest BCUT2D eigenvalue weighted by molar-refractivity contribution is 5.90. The molecule has 0 spiro atoms. The average Bonchev–Trinajstić information content (AvgIpc) is 3.75. The normalized spacial score (nSPS) is 15.2. The van der Waals surface area contributed by atoms with Crippen LogP contribution >= 0.6 is 0 Å². The first-order valence-electron chi connectivity index (χ1n) is 20.6. The number of carbonyl (C=O) groups excluding carboxylic acids is 1. The van der Waals surface area contributed by atoms with E-state index in [1.54, 1.807) is 7.11 Å². The summed E-state index contributed by atoms with van der Waals surface area (Å²) in [5, 5.41) is 4.91. The lowest BCUT2D eigenvalue weighted by Crippen LogP contribution is -2.48. The largest absolute Gasteiger partial charge is 0.494 e. The van der Waals surface area contributed by atoms with Crippen LogP contribution in [0.3, 0.4) is 0 Å². The third-order valence-corrected chi connectivity index (χ3v) is 10.4. The van der Waals surface area contributed by atoms with Gasteiger partial charge in [0.05, 0.1) is 29.7 Å². The highest BCUT2D eigenvalue weighted by Crippen LogP contribution is 2.38. The molecule has 2 saturated heterocycles. The van der Waals surface area contributed by atoms with Crippen LogP contribution < -0.4 is 10.1 Å². The fourth-order valence-electron chi connectivity index (χ4n) is 7.11. The van der Waals surface area contributed by atoms with Gasteiger partial charge in [0, 0.05) is 56.8 Å². The Labute approximate surface area is 325 Å². The summed E-state index contributed by atoms with van der Waals surface area (Å²) in [6.45, 7) is 31.9. The molecule has 0 unspecified atom stereocenters. The summed E-state index contributed by atoms with van der Waals surface area (Å²) in [5.41, 5.74) is 8.12. The van der Waals surface area contributed by atoms with E-state index in [0.717, 1.165) is 68.3 Å². The quantitative estimate of drug-likeness (QED) is 0.148. The van der Waals surface area contributed by atoms with Crippen molar-refractivity contribution in [1.82, 2.24) is 19.3 Å². The SMILES string of the molecule is C=C(Nc1cc(C(C)(C)C)cc(CN2CCN(C(C)C)CC2)c1OC)c1cc2cccc(CC)c2n1C.CC=O.CCCCCCC.CN1CCCC1. The van der Waals surface area contributed by atoms with Crippen LogP contribution in [0.25, 0.3) is 16.6 Å². The van der Waals surface area contributed by atoms with E-state index in [4.69, 9.17) is 9.53 Å². The van der Waals surface area contributed by atoms with Crippen molar-refractivity contribution in [2.75, 3.05) is 58.7 Å². The van der Waals surface area contributed by atoms with Gasteiger partial charge < -0.3 is 24.3 Å². The van der Waals surface area contributed by atoms with Crippen LogP contribution in [0.1, 0.15) is 130 Å². The Bertz CT molecular complexity index is 1500. The number of nitrogens with zero attached hydrogens (tertiary/aromatic N) is 4. The molecule has 0 saturated carbocycles. The molecule has 5 rings (SSSR count). The van der Waals surface area contributed by atoms with Gasteiger partial charge in [0.1, 0.15) is 12.0 Å². The molecule has 2 aromatic carbocycles. The third kappa shape index (κ3) is 14.6. The molecule has 7 heteroatoms. The number of hydrogen-bond acceptors (Lipinski definition) is 6. The number of fused-ring (bicyclic) bond motifs is 1. The van der Waals surface area contributed by atoms with E-state index in [9.17, 15) is 0 Å². The van der Waals surface area contributed by atoms with E-state index in [1.165, 1.54) is 92.6 Å². The number of benzene rings is 2. The average molecular weight is 732 g/mol. The van der Waals surface area contributed by atoms with Gasteiger partial charge in [0.2, 0.25) is 0 Å². The molecule has 3 heterocycles. The van der Waals surface area contributed by atoms with E-state index in [-0.39, 0.29) is 5.41 Å². The molecule has 1 N–H and O–H groups in total. The van der Waals surface area contributed by atoms with Gasteiger partial charge >= 0.3 is 0 Å². The van der Waals surface area contributed by atoms with Crippen molar-refractivity contribution in [1.29, 1.82) is 0 Å². The molecule has 298 valence electrons. The van der Waals surface area contributed by atoms with Crippen LogP contribution in [0.2, 0.25) is 0 Å². The number of rotatable bonds is 12. The number of methoxy groups -OCH3 is 1. The van der Waals surface area contributed by atoms with Gasteiger partial charge in [-0.2, -0.15) is 0 Å². The molecule has 1 aromatic heterocycles. The second kappa shape index (κ2) is 23.6. The van der Waals surface area contributed by atoms with Crippen LogP contribution in [0.15, 0.2) is 43.0 Å². The molecule has 2 aliphatic heterocycles. The van der Waals surface area contributed by atoms with Crippen molar-refractivity contribution in [3.8, 4) is 5.75 Å².